The molecule has 0 N–H and O–H groups in total. The van der Waals surface area contributed by atoms with Crippen LogP contribution in [0.25, 0.3) is 0 Å². The molecule has 3 rings (SSSR count). The predicted molar refractivity (Wildman–Crippen MR) is 90.3 cm³/mol. The van der Waals surface area contributed by atoms with E-state index in [0.29, 0.717) is 0 Å². The molecule has 0 atom stereocenters. The molecule has 0 aromatic heterocycles. The van der Waals surface area contributed by atoms with Crippen molar-refractivity contribution in [2.45, 2.75) is 6.16 Å². The summed E-state index contributed by atoms with van der Waals surface area (Å²) in [5.74, 6) is 0. The molecule has 0 fully saturated rings. The second-order valence-electron chi connectivity index (χ2n) is 4.74. The summed E-state index contributed by atoms with van der Waals surface area (Å²) in [4.78, 5) is 0. The Balaban J connectivity index is 0.00000121. The standard InChI is InChI=1S/C19H17P.Na.H/c1-4-10-17(11-5-1)16-20(18-12-6-2-7-13-18)19-14-8-3-9-15-19;;/h1-15H,16H2;;/q;+1;-1. The van der Waals surface area contributed by atoms with Gasteiger partial charge in [-0.2, -0.15) is 0 Å². The first-order valence-corrected chi connectivity index (χ1v) is 8.38. The maximum atomic E-state index is 2.25. The van der Waals surface area contributed by atoms with E-state index in [-0.39, 0.29) is 38.9 Å². The van der Waals surface area contributed by atoms with Crippen molar-refractivity contribution < 1.29 is 31.0 Å². The maximum absolute atomic E-state index is 2.25. The molecule has 2 heteroatoms. The number of hydrogen-bond acceptors (Lipinski definition) is 0. The van der Waals surface area contributed by atoms with Crippen LogP contribution >= 0.6 is 7.92 Å². The third kappa shape index (κ3) is 4.53. The molecule has 0 bridgehead atoms. The largest absolute Gasteiger partial charge is 1.00 e. The van der Waals surface area contributed by atoms with Crippen molar-refractivity contribution in [1.82, 2.24) is 0 Å². The van der Waals surface area contributed by atoms with Gasteiger partial charge in [0.15, 0.2) is 0 Å². The Morgan fingerprint density at radius 1 is 0.571 bits per heavy atom. The zero-order valence-corrected chi connectivity index (χ0v) is 15.2. The van der Waals surface area contributed by atoms with Gasteiger partial charge in [0.25, 0.3) is 0 Å². The summed E-state index contributed by atoms with van der Waals surface area (Å²) >= 11 is 0. The van der Waals surface area contributed by atoms with E-state index in [1.165, 1.54) is 16.2 Å². The molecule has 0 radical (unpaired) electrons. The van der Waals surface area contributed by atoms with Crippen molar-refractivity contribution >= 4 is 18.5 Å². The molecule has 21 heavy (non-hydrogen) atoms. The van der Waals surface area contributed by atoms with Crippen LogP contribution in [-0.2, 0) is 6.16 Å². The molecule has 3 aromatic rings. The van der Waals surface area contributed by atoms with Crippen LogP contribution in [0.1, 0.15) is 6.99 Å². The number of rotatable bonds is 4. The fourth-order valence-corrected chi connectivity index (χ4v) is 4.62. The Morgan fingerprint density at radius 2 is 0.952 bits per heavy atom. The minimum Gasteiger partial charge on any atom is -1.00 e. The van der Waals surface area contributed by atoms with E-state index < -0.39 is 0 Å². The molecule has 0 saturated heterocycles. The van der Waals surface area contributed by atoms with Gasteiger partial charge < -0.3 is 1.43 Å². The van der Waals surface area contributed by atoms with Crippen molar-refractivity contribution in [2.24, 2.45) is 0 Å². The third-order valence-electron chi connectivity index (χ3n) is 3.32. The number of hydrogen-bond donors (Lipinski definition) is 0. The Kier molecular flexibility index (Phi) is 6.67. The molecule has 0 aliphatic rings. The van der Waals surface area contributed by atoms with Gasteiger partial charge in [0.05, 0.1) is 0 Å². The van der Waals surface area contributed by atoms with Crippen molar-refractivity contribution in [3.63, 3.8) is 0 Å². The Labute approximate surface area is 151 Å². The van der Waals surface area contributed by atoms with Crippen LogP contribution < -0.4 is 40.2 Å². The molecule has 0 aliphatic heterocycles. The van der Waals surface area contributed by atoms with E-state index in [2.05, 4.69) is 91.0 Å². The summed E-state index contributed by atoms with van der Waals surface area (Å²) in [6, 6.07) is 32.5. The second-order valence-corrected chi connectivity index (χ2v) is 6.95. The Morgan fingerprint density at radius 3 is 1.38 bits per heavy atom. The van der Waals surface area contributed by atoms with Crippen LogP contribution in [0.15, 0.2) is 91.0 Å². The summed E-state index contributed by atoms with van der Waals surface area (Å²) in [6.07, 6.45) is 1.10. The van der Waals surface area contributed by atoms with Crippen LogP contribution in [-0.4, -0.2) is 0 Å². The first-order chi connectivity index (χ1) is 9.93. The Bertz CT molecular complexity index is 605. The zero-order chi connectivity index (χ0) is 13.6. The van der Waals surface area contributed by atoms with Crippen LogP contribution in [0.3, 0.4) is 0 Å². The normalized spacial score (nSPS) is 10.1. The molecular weight excluding hydrogens is 282 g/mol. The van der Waals surface area contributed by atoms with Crippen molar-refractivity contribution in [3.8, 4) is 0 Å². The molecular formula is C19H18NaP. The van der Waals surface area contributed by atoms with Gasteiger partial charge in [-0.1, -0.05) is 91.0 Å². The molecule has 0 heterocycles. The maximum Gasteiger partial charge on any atom is 1.00 e. The molecule has 3 aromatic carbocycles. The van der Waals surface area contributed by atoms with E-state index in [4.69, 9.17) is 0 Å². The summed E-state index contributed by atoms with van der Waals surface area (Å²) < 4.78 is 0. The minimum atomic E-state index is -0.327. The van der Waals surface area contributed by atoms with Gasteiger partial charge in [-0.15, -0.1) is 0 Å². The third-order valence-corrected chi connectivity index (χ3v) is 5.84. The van der Waals surface area contributed by atoms with E-state index in [0.717, 1.165) is 6.16 Å². The Hall–Kier alpha value is -0.910. The molecule has 0 spiro atoms. The van der Waals surface area contributed by atoms with Crippen LogP contribution in [0, 0.1) is 0 Å². The van der Waals surface area contributed by atoms with Crippen molar-refractivity contribution in [1.29, 1.82) is 0 Å². The van der Waals surface area contributed by atoms with Crippen molar-refractivity contribution in [3.05, 3.63) is 96.6 Å². The van der Waals surface area contributed by atoms with Gasteiger partial charge in [-0.05, 0) is 24.1 Å². The van der Waals surface area contributed by atoms with Gasteiger partial charge in [-0.25, -0.2) is 0 Å². The predicted octanol–water partition coefficient (Wildman–Crippen LogP) is 1.44. The first-order valence-electron chi connectivity index (χ1n) is 6.85. The van der Waals surface area contributed by atoms with E-state index >= 15 is 0 Å². The summed E-state index contributed by atoms with van der Waals surface area (Å²) in [6.45, 7) is 0. The van der Waals surface area contributed by atoms with E-state index in [1.807, 2.05) is 0 Å². The van der Waals surface area contributed by atoms with Gasteiger partial charge in [-0.3, -0.25) is 0 Å². The summed E-state index contributed by atoms with van der Waals surface area (Å²) in [5, 5.41) is 2.88. The van der Waals surface area contributed by atoms with Gasteiger partial charge in [0, 0.05) is 6.16 Å². The molecule has 100 valence electrons. The first kappa shape index (κ1) is 16.5. The fourth-order valence-electron chi connectivity index (χ4n) is 2.31. The average molecular weight is 300 g/mol. The molecule has 0 nitrogen and oxygen atoms in total. The minimum absolute atomic E-state index is 0. The summed E-state index contributed by atoms with van der Waals surface area (Å²) in [7, 11) is -0.327. The van der Waals surface area contributed by atoms with Crippen LogP contribution in [0.5, 0.6) is 0 Å². The van der Waals surface area contributed by atoms with E-state index in [9.17, 15) is 0 Å². The SMILES string of the molecule is [H-].[Na+].c1ccc(CP(c2ccccc2)c2ccccc2)cc1. The quantitative estimate of drug-likeness (QED) is 0.505. The summed E-state index contributed by atoms with van der Waals surface area (Å²) in [5.41, 5.74) is 1.41. The van der Waals surface area contributed by atoms with Crippen LogP contribution in [0.2, 0.25) is 0 Å². The second kappa shape index (κ2) is 8.51. The van der Waals surface area contributed by atoms with Gasteiger partial charge in [0.2, 0.25) is 0 Å². The molecule has 0 saturated carbocycles. The number of benzene rings is 3. The average Bonchev–Trinajstić information content (AvgIpc) is 2.55. The fraction of sp³-hybridized carbons (Fsp3) is 0.0526. The molecule has 0 aliphatic carbocycles. The van der Waals surface area contributed by atoms with Crippen molar-refractivity contribution in [2.75, 3.05) is 0 Å². The molecule has 0 unspecified atom stereocenters. The van der Waals surface area contributed by atoms with Gasteiger partial charge >= 0.3 is 29.6 Å². The molecule has 0 amide bonds. The van der Waals surface area contributed by atoms with Crippen LogP contribution in [0.4, 0.5) is 0 Å². The zero-order valence-electron chi connectivity index (χ0n) is 13.3. The topological polar surface area (TPSA) is 0 Å². The monoisotopic (exact) mass is 300 g/mol. The van der Waals surface area contributed by atoms with Gasteiger partial charge in [0.1, 0.15) is 0 Å². The van der Waals surface area contributed by atoms with E-state index in [1.54, 1.807) is 0 Å². The smallest absolute Gasteiger partial charge is 1.00 e.